The van der Waals surface area contributed by atoms with Gasteiger partial charge in [0.05, 0.1) is 6.61 Å². The van der Waals surface area contributed by atoms with E-state index in [1.807, 2.05) is 18.2 Å². The summed E-state index contributed by atoms with van der Waals surface area (Å²) in [6.07, 6.45) is 2.92. The first-order chi connectivity index (χ1) is 10.2. The summed E-state index contributed by atoms with van der Waals surface area (Å²) >= 11 is 1.75. The summed E-state index contributed by atoms with van der Waals surface area (Å²) in [6.45, 7) is 2.28. The number of benzene rings is 2. The molecule has 0 aliphatic carbocycles. The van der Waals surface area contributed by atoms with Crippen molar-refractivity contribution in [2.75, 3.05) is 12.9 Å². The van der Waals surface area contributed by atoms with Crippen LogP contribution in [0.25, 0.3) is 0 Å². The van der Waals surface area contributed by atoms with E-state index in [1.165, 1.54) is 16.0 Å². The molecular weight excluding hydrogens is 278 g/mol. The normalized spacial score (nSPS) is 13.9. The van der Waals surface area contributed by atoms with E-state index < -0.39 is 0 Å². The second-order valence-electron chi connectivity index (χ2n) is 5.23. The van der Waals surface area contributed by atoms with Crippen molar-refractivity contribution in [1.82, 2.24) is 5.32 Å². The van der Waals surface area contributed by atoms with Gasteiger partial charge in [-0.3, -0.25) is 0 Å². The molecule has 0 saturated heterocycles. The number of hydrogen-bond donors (Lipinski definition) is 2. The number of aliphatic hydroxyl groups excluding tert-OH is 1. The minimum atomic E-state index is 0.0719. The maximum atomic E-state index is 9.60. The molecule has 3 heteroatoms. The predicted molar refractivity (Wildman–Crippen MR) is 90.8 cm³/mol. The fraction of sp³-hybridized carbons (Fsp3) is 0.333. The Bertz CT molecular complexity index is 527. The Labute approximate surface area is 131 Å². The average Bonchev–Trinajstić information content (AvgIpc) is 2.55. The van der Waals surface area contributed by atoms with Crippen LogP contribution >= 0.6 is 11.8 Å². The highest BCUT2D eigenvalue weighted by Gasteiger charge is 2.13. The minimum absolute atomic E-state index is 0.0719. The lowest BCUT2D eigenvalue weighted by atomic mass is 10.0. The van der Waals surface area contributed by atoms with E-state index in [0.29, 0.717) is 0 Å². The summed E-state index contributed by atoms with van der Waals surface area (Å²) < 4.78 is 0. The molecule has 0 saturated carbocycles. The SMILES string of the molecule is CSc1ccc(C(C)N[C@H](CO)Cc2ccccc2)cc1. The summed E-state index contributed by atoms with van der Waals surface area (Å²) in [5.41, 5.74) is 2.49. The molecule has 0 amide bonds. The third kappa shape index (κ3) is 4.88. The van der Waals surface area contributed by atoms with Crippen LogP contribution in [0.1, 0.15) is 24.1 Å². The Morgan fingerprint density at radius 3 is 2.29 bits per heavy atom. The monoisotopic (exact) mass is 301 g/mol. The summed E-state index contributed by atoms with van der Waals surface area (Å²) in [5.74, 6) is 0. The minimum Gasteiger partial charge on any atom is -0.395 e. The van der Waals surface area contributed by atoms with Crippen LogP contribution < -0.4 is 5.32 Å². The van der Waals surface area contributed by atoms with E-state index in [4.69, 9.17) is 0 Å². The highest BCUT2D eigenvalue weighted by atomic mass is 32.2. The van der Waals surface area contributed by atoms with Gasteiger partial charge >= 0.3 is 0 Å². The molecule has 0 aliphatic rings. The predicted octanol–water partition coefficient (Wildman–Crippen LogP) is 3.66. The van der Waals surface area contributed by atoms with Gasteiger partial charge < -0.3 is 10.4 Å². The van der Waals surface area contributed by atoms with E-state index in [2.05, 4.69) is 54.9 Å². The first-order valence-electron chi connectivity index (χ1n) is 7.27. The maximum absolute atomic E-state index is 9.60. The zero-order valence-electron chi connectivity index (χ0n) is 12.6. The first-order valence-corrected chi connectivity index (χ1v) is 8.50. The third-order valence-corrected chi connectivity index (χ3v) is 4.39. The Morgan fingerprint density at radius 2 is 1.71 bits per heavy atom. The van der Waals surface area contributed by atoms with Gasteiger partial charge in [-0.2, -0.15) is 0 Å². The number of aliphatic hydroxyl groups is 1. The number of hydrogen-bond acceptors (Lipinski definition) is 3. The number of nitrogens with one attached hydrogen (secondary N) is 1. The molecule has 2 N–H and O–H groups in total. The van der Waals surface area contributed by atoms with Crippen LogP contribution in [-0.2, 0) is 6.42 Å². The van der Waals surface area contributed by atoms with Gasteiger partial charge in [-0.05, 0) is 42.9 Å². The lowest BCUT2D eigenvalue weighted by Gasteiger charge is -2.22. The lowest BCUT2D eigenvalue weighted by molar-refractivity contribution is 0.232. The van der Waals surface area contributed by atoms with Crippen molar-refractivity contribution in [3.05, 3.63) is 65.7 Å². The van der Waals surface area contributed by atoms with Crippen LogP contribution in [0.15, 0.2) is 59.5 Å². The zero-order valence-corrected chi connectivity index (χ0v) is 13.4. The Morgan fingerprint density at radius 1 is 1.05 bits per heavy atom. The molecule has 1 unspecified atom stereocenters. The van der Waals surface area contributed by atoms with Crippen molar-refractivity contribution in [3.8, 4) is 0 Å². The van der Waals surface area contributed by atoms with Crippen LogP contribution in [0.2, 0.25) is 0 Å². The van der Waals surface area contributed by atoms with Gasteiger partial charge in [0.15, 0.2) is 0 Å². The highest BCUT2D eigenvalue weighted by molar-refractivity contribution is 7.98. The molecule has 0 aliphatic heterocycles. The van der Waals surface area contributed by atoms with Crippen LogP contribution in [0, 0.1) is 0 Å². The fourth-order valence-electron chi connectivity index (χ4n) is 2.42. The molecule has 0 fully saturated rings. The van der Waals surface area contributed by atoms with Gasteiger partial charge in [0.1, 0.15) is 0 Å². The summed E-state index contributed by atoms with van der Waals surface area (Å²) in [4.78, 5) is 1.27. The Hall–Kier alpha value is -1.29. The topological polar surface area (TPSA) is 32.3 Å². The molecule has 0 bridgehead atoms. The molecule has 2 nitrogen and oxygen atoms in total. The third-order valence-electron chi connectivity index (χ3n) is 3.65. The van der Waals surface area contributed by atoms with Crippen molar-refractivity contribution >= 4 is 11.8 Å². The molecule has 2 atom stereocenters. The van der Waals surface area contributed by atoms with Crippen molar-refractivity contribution in [2.45, 2.75) is 30.3 Å². The van der Waals surface area contributed by atoms with E-state index in [1.54, 1.807) is 11.8 Å². The molecule has 0 heterocycles. The van der Waals surface area contributed by atoms with E-state index in [-0.39, 0.29) is 18.7 Å². The quantitative estimate of drug-likeness (QED) is 0.766. The fourth-order valence-corrected chi connectivity index (χ4v) is 2.83. The highest BCUT2D eigenvalue weighted by Crippen LogP contribution is 2.19. The summed E-state index contributed by atoms with van der Waals surface area (Å²) in [7, 11) is 0. The molecule has 21 heavy (non-hydrogen) atoms. The Kier molecular flexibility index (Phi) is 6.30. The summed E-state index contributed by atoms with van der Waals surface area (Å²) in [5, 5.41) is 13.1. The number of rotatable bonds is 7. The van der Waals surface area contributed by atoms with Gasteiger partial charge in [0, 0.05) is 17.0 Å². The second kappa shape index (κ2) is 8.23. The number of thioether (sulfide) groups is 1. The maximum Gasteiger partial charge on any atom is 0.0588 e. The largest absolute Gasteiger partial charge is 0.395 e. The molecule has 0 aromatic heterocycles. The molecule has 0 spiro atoms. The van der Waals surface area contributed by atoms with E-state index >= 15 is 0 Å². The smallest absolute Gasteiger partial charge is 0.0588 e. The molecular formula is C18H23NOS. The lowest BCUT2D eigenvalue weighted by Crippen LogP contribution is -2.36. The Balaban J connectivity index is 1.96. The first kappa shape index (κ1) is 16.1. The molecule has 112 valence electrons. The molecule has 2 rings (SSSR count). The van der Waals surface area contributed by atoms with Crippen LogP contribution in [-0.4, -0.2) is 24.0 Å². The van der Waals surface area contributed by atoms with Crippen molar-refractivity contribution in [3.63, 3.8) is 0 Å². The van der Waals surface area contributed by atoms with E-state index in [9.17, 15) is 5.11 Å². The van der Waals surface area contributed by atoms with Crippen LogP contribution in [0.3, 0.4) is 0 Å². The second-order valence-corrected chi connectivity index (χ2v) is 6.11. The van der Waals surface area contributed by atoms with Gasteiger partial charge in [0.2, 0.25) is 0 Å². The van der Waals surface area contributed by atoms with Gasteiger partial charge in [-0.15, -0.1) is 11.8 Å². The van der Waals surface area contributed by atoms with Gasteiger partial charge in [-0.25, -0.2) is 0 Å². The average molecular weight is 301 g/mol. The zero-order chi connectivity index (χ0) is 15.1. The van der Waals surface area contributed by atoms with Crippen molar-refractivity contribution < 1.29 is 5.11 Å². The van der Waals surface area contributed by atoms with Gasteiger partial charge in [0.25, 0.3) is 0 Å². The summed E-state index contributed by atoms with van der Waals surface area (Å²) in [6, 6.07) is 19.2. The molecule has 2 aromatic carbocycles. The standard InChI is InChI=1S/C18H23NOS/c1-14(16-8-10-18(21-2)11-9-16)19-17(13-20)12-15-6-4-3-5-7-15/h3-11,14,17,19-20H,12-13H2,1-2H3/t14?,17-/m0/s1. The van der Waals surface area contributed by atoms with Crippen LogP contribution in [0.4, 0.5) is 0 Å². The van der Waals surface area contributed by atoms with Gasteiger partial charge in [-0.1, -0.05) is 42.5 Å². The molecule has 0 radical (unpaired) electrons. The van der Waals surface area contributed by atoms with Crippen molar-refractivity contribution in [1.29, 1.82) is 0 Å². The van der Waals surface area contributed by atoms with Crippen LogP contribution in [0.5, 0.6) is 0 Å². The molecule has 2 aromatic rings. The van der Waals surface area contributed by atoms with Crippen molar-refractivity contribution in [2.24, 2.45) is 0 Å². The van der Waals surface area contributed by atoms with E-state index in [0.717, 1.165) is 6.42 Å².